The van der Waals surface area contributed by atoms with E-state index in [1.165, 1.54) is 7.11 Å². The summed E-state index contributed by atoms with van der Waals surface area (Å²) < 4.78 is 4.74. The van der Waals surface area contributed by atoms with E-state index in [1.54, 1.807) is 6.07 Å². The Morgan fingerprint density at radius 1 is 1.50 bits per heavy atom. The highest BCUT2D eigenvalue weighted by molar-refractivity contribution is 5.95. The van der Waals surface area contributed by atoms with Crippen LogP contribution in [0.25, 0.3) is 0 Å². The Labute approximate surface area is 96.0 Å². The van der Waals surface area contributed by atoms with E-state index in [0.29, 0.717) is 12.1 Å². The van der Waals surface area contributed by atoms with E-state index in [0.717, 1.165) is 5.69 Å². The number of anilines is 1. The first-order valence-electron chi connectivity index (χ1n) is 5.22. The lowest BCUT2D eigenvalue weighted by Gasteiger charge is -2.27. The Hall–Kier alpha value is -1.55. The molecule has 0 saturated heterocycles. The number of para-hydroxylation sites is 1. The summed E-state index contributed by atoms with van der Waals surface area (Å²) in [6.07, 6.45) is 0. The topological polar surface area (TPSA) is 55.6 Å². The zero-order chi connectivity index (χ0) is 12.1. The average Bonchev–Trinajstić information content (AvgIpc) is 2.35. The van der Waals surface area contributed by atoms with Crippen LogP contribution in [0.3, 0.4) is 0 Å². The Morgan fingerprint density at radius 3 is 2.69 bits per heavy atom. The summed E-state index contributed by atoms with van der Waals surface area (Å²) in [5.74, 6) is -0.327. The molecule has 0 saturated carbocycles. The molecule has 1 unspecified atom stereocenters. The van der Waals surface area contributed by atoms with Crippen LogP contribution >= 0.6 is 0 Å². The van der Waals surface area contributed by atoms with Gasteiger partial charge < -0.3 is 15.4 Å². The number of hydrogen-bond acceptors (Lipinski definition) is 4. The van der Waals surface area contributed by atoms with Gasteiger partial charge >= 0.3 is 5.97 Å². The lowest BCUT2D eigenvalue weighted by molar-refractivity contribution is 0.0601. The van der Waals surface area contributed by atoms with Crippen molar-refractivity contribution < 1.29 is 9.53 Å². The van der Waals surface area contributed by atoms with Gasteiger partial charge in [0, 0.05) is 19.6 Å². The average molecular weight is 222 g/mol. The van der Waals surface area contributed by atoms with Crippen LogP contribution in [0.5, 0.6) is 0 Å². The van der Waals surface area contributed by atoms with Crippen molar-refractivity contribution in [1.82, 2.24) is 0 Å². The Bertz CT molecular complexity index is 366. The van der Waals surface area contributed by atoms with Crippen molar-refractivity contribution in [3.8, 4) is 0 Å². The zero-order valence-corrected chi connectivity index (χ0v) is 9.93. The molecule has 1 atom stereocenters. The van der Waals surface area contributed by atoms with Crippen LogP contribution in [0.2, 0.25) is 0 Å². The maximum Gasteiger partial charge on any atom is 0.339 e. The van der Waals surface area contributed by atoms with Gasteiger partial charge in [0.1, 0.15) is 0 Å². The van der Waals surface area contributed by atoms with Crippen molar-refractivity contribution in [1.29, 1.82) is 0 Å². The third kappa shape index (κ3) is 2.52. The van der Waals surface area contributed by atoms with Gasteiger partial charge in [0.2, 0.25) is 0 Å². The van der Waals surface area contributed by atoms with E-state index in [-0.39, 0.29) is 12.0 Å². The monoisotopic (exact) mass is 222 g/mol. The fourth-order valence-corrected chi connectivity index (χ4v) is 1.46. The summed E-state index contributed by atoms with van der Waals surface area (Å²) in [5, 5.41) is 0. The highest BCUT2D eigenvalue weighted by Gasteiger charge is 2.16. The first kappa shape index (κ1) is 12.5. The van der Waals surface area contributed by atoms with Gasteiger partial charge in [0.15, 0.2) is 0 Å². The van der Waals surface area contributed by atoms with E-state index in [9.17, 15) is 4.79 Å². The van der Waals surface area contributed by atoms with Crippen molar-refractivity contribution in [2.45, 2.75) is 13.0 Å². The van der Waals surface area contributed by atoms with Crippen molar-refractivity contribution in [2.24, 2.45) is 5.73 Å². The Kier molecular flexibility index (Phi) is 4.31. The minimum absolute atomic E-state index is 0.172. The molecule has 0 bridgehead atoms. The van der Waals surface area contributed by atoms with Gasteiger partial charge in [-0.05, 0) is 19.1 Å². The van der Waals surface area contributed by atoms with Crippen LogP contribution in [-0.4, -0.2) is 32.7 Å². The zero-order valence-electron chi connectivity index (χ0n) is 9.93. The quantitative estimate of drug-likeness (QED) is 0.779. The molecule has 0 aliphatic heterocycles. The molecule has 0 aliphatic carbocycles. The molecule has 0 radical (unpaired) electrons. The maximum atomic E-state index is 11.6. The summed E-state index contributed by atoms with van der Waals surface area (Å²) >= 11 is 0. The molecule has 4 heteroatoms. The van der Waals surface area contributed by atoms with Crippen LogP contribution in [0.4, 0.5) is 5.69 Å². The number of carbonyl (C=O) groups excluding carboxylic acids is 1. The summed E-state index contributed by atoms with van der Waals surface area (Å²) in [5.41, 5.74) is 7.01. The van der Waals surface area contributed by atoms with Gasteiger partial charge in [-0.2, -0.15) is 0 Å². The van der Waals surface area contributed by atoms with Crippen molar-refractivity contribution >= 4 is 11.7 Å². The number of benzene rings is 1. The molecule has 0 heterocycles. The lowest BCUT2D eigenvalue weighted by atomic mass is 10.1. The smallest absolute Gasteiger partial charge is 0.339 e. The maximum absolute atomic E-state index is 11.6. The van der Waals surface area contributed by atoms with Gasteiger partial charge in [-0.1, -0.05) is 12.1 Å². The SMILES string of the molecule is COC(=O)c1ccccc1N(C)C(C)CN. The van der Waals surface area contributed by atoms with Gasteiger partial charge in [-0.3, -0.25) is 0 Å². The summed E-state index contributed by atoms with van der Waals surface area (Å²) in [4.78, 5) is 13.5. The molecular formula is C12H18N2O2. The molecule has 0 fully saturated rings. The number of hydrogen-bond donors (Lipinski definition) is 1. The molecule has 16 heavy (non-hydrogen) atoms. The Morgan fingerprint density at radius 2 is 2.12 bits per heavy atom. The number of rotatable bonds is 4. The molecule has 1 aromatic rings. The van der Waals surface area contributed by atoms with E-state index >= 15 is 0 Å². The van der Waals surface area contributed by atoms with E-state index in [1.807, 2.05) is 37.1 Å². The summed E-state index contributed by atoms with van der Waals surface area (Å²) in [6.45, 7) is 2.54. The highest BCUT2D eigenvalue weighted by Crippen LogP contribution is 2.21. The standard InChI is InChI=1S/C12H18N2O2/c1-9(8-13)14(2)11-7-5-4-6-10(11)12(15)16-3/h4-7,9H,8,13H2,1-3H3. The van der Waals surface area contributed by atoms with Crippen LogP contribution < -0.4 is 10.6 Å². The van der Waals surface area contributed by atoms with Crippen molar-refractivity contribution in [3.05, 3.63) is 29.8 Å². The molecule has 88 valence electrons. The first-order chi connectivity index (χ1) is 7.61. The van der Waals surface area contributed by atoms with Gasteiger partial charge in [-0.15, -0.1) is 0 Å². The molecule has 1 aromatic carbocycles. The van der Waals surface area contributed by atoms with Crippen LogP contribution in [0.1, 0.15) is 17.3 Å². The molecular weight excluding hydrogens is 204 g/mol. The van der Waals surface area contributed by atoms with E-state index in [4.69, 9.17) is 10.5 Å². The molecule has 0 aromatic heterocycles. The molecule has 0 amide bonds. The number of ether oxygens (including phenoxy) is 1. The predicted molar refractivity (Wildman–Crippen MR) is 64.7 cm³/mol. The third-order valence-corrected chi connectivity index (χ3v) is 2.69. The second-order valence-electron chi connectivity index (χ2n) is 3.70. The van der Waals surface area contributed by atoms with Crippen LogP contribution in [0.15, 0.2) is 24.3 Å². The van der Waals surface area contributed by atoms with E-state index < -0.39 is 0 Å². The molecule has 0 spiro atoms. The minimum Gasteiger partial charge on any atom is -0.465 e. The first-order valence-corrected chi connectivity index (χ1v) is 5.22. The second-order valence-corrected chi connectivity index (χ2v) is 3.70. The number of nitrogens with two attached hydrogens (primary N) is 1. The number of methoxy groups -OCH3 is 1. The molecule has 0 aliphatic rings. The fourth-order valence-electron chi connectivity index (χ4n) is 1.46. The number of nitrogens with zero attached hydrogens (tertiary/aromatic N) is 1. The fraction of sp³-hybridized carbons (Fsp3) is 0.417. The van der Waals surface area contributed by atoms with E-state index in [2.05, 4.69) is 0 Å². The largest absolute Gasteiger partial charge is 0.465 e. The van der Waals surface area contributed by atoms with Gasteiger partial charge in [-0.25, -0.2) is 4.79 Å². The normalized spacial score (nSPS) is 12.0. The number of esters is 1. The van der Waals surface area contributed by atoms with Crippen molar-refractivity contribution in [3.63, 3.8) is 0 Å². The number of likely N-dealkylation sites (N-methyl/N-ethyl adjacent to an activating group) is 1. The summed E-state index contributed by atoms with van der Waals surface area (Å²) in [7, 11) is 3.30. The summed E-state index contributed by atoms with van der Waals surface area (Å²) in [6, 6.07) is 7.52. The molecule has 4 nitrogen and oxygen atoms in total. The van der Waals surface area contributed by atoms with Gasteiger partial charge in [0.25, 0.3) is 0 Å². The van der Waals surface area contributed by atoms with Gasteiger partial charge in [0.05, 0.1) is 18.4 Å². The minimum atomic E-state index is -0.327. The van der Waals surface area contributed by atoms with Crippen molar-refractivity contribution in [2.75, 3.05) is 25.6 Å². The lowest BCUT2D eigenvalue weighted by Crippen LogP contribution is -2.36. The molecule has 1 rings (SSSR count). The Balaban J connectivity index is 3.08. The van der Waals surface area contributed by atoms with Crippen LogP contribution in [-0.2, 0) is 4.74 Å². The molecule has 2 N–H and O–H groups in total. The highest BCUT2D eigenvalue weighted by atomic mass is 16.5. The van der Waals surface area contributed by atoms with Crippen LogP contribution in [0, 0.1) is 0 Å². The predicted octanol–water partition coefficient (Wildman–Crippen LogP) is 1.26. The third-order valence-electron chi connectivity index (χ3n) is 2.69. The second kappa shape index (κ2) is 5.51. The number of carbonyl (C=O) groups is 1.